The molecule has 172 valence electrons. The Hall–Kier alpha value is -1.46. The maximum atomic E-state index is 11.2. The summed E-state index contributed by atoms with van der Waals surface area (Å²) in [5.74, 6) is 0.0584. The number of hydrogen-bond acceptors (Lipinski definition) is 3. The molecule has 3 N–H and O–H groups in total. The molecule has 1 atom stereocenters. The first kappa shape index (κ1) is 26.6. The van der Waals surface area contributed by atoms with Crippen LogP contribution in [0.5, 0.6) is 0 Å². The van der Waals surface area contributed by atoms with E-state index in [0.717, 1.165) is 12.3 Å². The summed E-state index contributed by atoms with van der Waals surface area (Å²) in [5.41, 5.74) is 5.71. The zero-order valence-electron chi connectivity index (χ0n) is 19.4. The highest BCUT2D eigenvalue weighted by Gasteiger charge is 2.36. The molecular formula is C25H46N3O2+. The summed E-state index contributed by atoms with van der Waals surface area (Å²) in [6.07, 6.45) is 27.6. The molecule has 0 aromatic heterocycles. The topological polar surface area (TPSA) is 75.7 Å². The van der Waals surface area contributed by atoms with E-state index in [1.54, 1.807) is 6.20 Å². The van der Waals surface area contributed by atoms with Gasteiger partial charge >= 0.3 is 5.97 Å². The number of rotatable bonds is 20. The maximum absolute atomic E-state index is 11.2. The first-order valence-corrected chi connectivity index (χ1v) is 12.3. The van der Waals surface area contributed by atoms with Crippen LogP contribution in [-0.4, -0.2) is 41.0 Å². The Morgan fingerprint density at radius 1 is 0.967 bits per heavy atom. The van der Waals surface area contributed by atoms with Crippen molar-refractivity contribution < 1.29 is 14.4 Å². The van der Waals surface area contributed by atoms with Crippen LogP contribution >= 0.6 is 0 Å². The number of nitrogens with two attached hydrogens (primary N) is 1. The largest absolute Gasteiger partial charge is 0.477 e. The second-order valence-electron chi connectivity index (χ2n) is 8.65. The summed E-state index contributed by atoms with van der Waals surface area (Å²) >= 11 is 0. The number of amidine groups is 1. The van der Waals surface area contributed by atoms with Gasteiger partial charge in [-0.3, -0.25) is 0 Å². The van der Waals surface area contributed by atoms with Gasteiger partial charge in [0.25, 0.3) is 0 Å². The van der Waals surface area contributed by atoms with Crippen molar-refractivity contribution in [3.8, 4) is 0 Å². The molecule has 1 unspecified atom stereocenters. The van der Waals surface area contributed by atoms with Gasteiger partial charge in [-0.1, -0.05) is 96.1 Å². The molecule has 0 fully saturated rings. The monoisotopic (exact) mass is 420 g/mol. The SMILES string of the molecule is CCCCCCCCCCCCCCC/C=C/CC1=NC=C[N+]1(CCN)CC(=O)O. The van der Waals surface area contributed by atoms with Crippen molar-refractivity contribution in [2.75, 3.05) is 19.6 Å². The Bertz CT molecular complexity index is 543. The van der Waals surface area contributed by atoms with E-state index in [9.17, 15) is 9.90 Å². The number of nitrogens with zero attached hydrogens (tertiary/aromatic N) is 2. The number of quaternary nitrogens is 1. The molecule has 0 aromatic rings. The fourth-order valence-corrected chi connectivity index (χ4v) is 4.17. The van der Waals surface area contributed by atoms with Crippen LogP contribution in [0.2, 0.25) is 0 Å². The van der Waals surface area contributed by atoms with E-state index in [1.165, 1.54) is 83.5 Å². The number of aliphatic carboxylic acids is 1. The van der Waals surface area contributed by atoms with Crippen molar-refractivity contribution in [1.82, 2.24) is 0 Å². The molecule has 0 aromatic carbocycles. The zero-order chi connectivity index (χ0) is 21.9. The summed E-state index contributed by atoms with van der Waals surface area (Å²) in [4.78, 5) is 15.6. The molecule has 1 aliphatic rings. The summed E-state index contributed by atoms with van der Waals surface area (Å²) in [6.45, 7) is 3.31. The van der Waals surface area contributed by atoms with Gasteiger partial charge in [-0.2, -0.15) is 0 Å². The number of carboxylic acids is 1. The molecule has 0 spiro atoms. The minimum absolute atomic E-state index is 0.0131. The molecule has 0 saturated carbocycles. The van der Waals surface area contributed by atoms with Gasteiger partial charge in [0.2, 0.25) is 5.84 Å². The third-order valence-electron chi connectivity index (χ3n) is 5.98. The van der Waals surface area contributed by atoms with Crippen LogP contribution < -0.4 is 5.73 Å². The molecule has 0 amide bonds. The molecule has 5 heteroatoms. The highest BCUT2D eigenvalue weighted by Crippen LogP contribution is 2.19. The minimum atomic E-state index is -0.821. The number of carbonyl (C=O) groups is 1. The molecule has 1 aliphatic heterocycles. The lowest BCUT2D eigenvalue weighted by molar-refractivity contribution is -0.777. The minimum Gasteiger partial charge on any atom is -0.477 e. The third kappa shape index (κ3) is 11.7. The van der Waals surface area contributed by atoms with E-state index in [4.69, 9.17) is 5.73 Å². The van der Waals surface area contributed by atoms with Crippen LogP contribution in [-0.2, 0) is 4.79 Å². The van der Waals surface area contributed by atoms with Crippen molar-refractivity contribution in [1.29, 1.82) is 0 Å². The molecule has 5 nitrogen and oxygen atoms in total. The second kappa shape index (κ2) is 17.2. The predicted molar refractivity (Wildman–Crippen MR) is 127 cm³/mol. The van der Waals surface area contributed by atoms with Gasteiger partial charge in [-0.05, 0) is 12.8 Å². The van der Waals surface area contributed by atoms with Gasteiger partial charge in [-0.25, -0.2) is 14.3 Å². The fraction of sp³-hybridized carbons (Fsp3) is 0.760. The van der Waals surface area contributed by atoms with E-state index in [-0.39, 0.29) is 11.0 Å². The van der Waals surface area contributed by atoms with Gasteiger partial charge in [0, 0.05) is 6.54 Å². The lowest BCUT2D eigenvalue weighted by Gasteiger charge is -2.29. The van der Waals surface area contributed by atoms with Crippen molar-refractivity contribution in [2.45, 2.75) is 103 Å². The first-order chi connectivity index (χ1) is 14.6. The lowest BCUT2D eigenvalue weighted by atomic mass is 10.0. The second-order valence-corrected chi connectivity index (χ2v) is 8.65. The molecular weight excluding hydrogens is 374 g/mol. The zero-order valence-corrected chi connectivity index (χ0v) is 19.4. The van der Waals surface area contributed by atoms with Crippen molar-refractivity contribution >= 4 is 11.8 Å². The summed E-state index contributed by atoms with van der Waals surface area (Å²) in [7, 11) is 0. The molecule has 0 aliphatic carbocycles. The van der Waals surface area contributed by atoms with Crippen LogP contribution in [0.3, 0.4) is 0 Å². The Kier molecular flexibility index (Phi) is 15.3. The Morgan fingerprint density at radius 2 is 1.53 bits per heavy atom. The van der Waals surface area contributed by atoms with Crippen LogP contribution in [0, 0.1) is 0 Å². The van der Waals surface area contributed by atoms with Crippen LogP contribution in [0.4, 0.5) is 0 Å². The highest BCUT2D eigenvalue weighted by molar-refractivity contribution is 5.82. The average Bonchev–Trinajstić information content (AvgIpc) is 3.09. The summed E-state index contributed by atoms with van der Waals surface area (Å²) < 4.78 is 0.259. The van der Waals surface area contributed by atoms with E-state index in [2.05, 4.69) is 24.1 Å². The number of hydrogen-bond donors (Lipinski definition) is 2. The number of aliphatic imine (C=N–C) groups is 1. The summed E-state index contributed by atoms with van der Waals surface area (Å²) in [5, 5.41) is 9.23. The Labute approximate surface area is 184 Å². The van der Waals surface area contributed by atoms with E-state index in [1.807, 2.05) is 6.20 Å². The number of unbranched alkanes of at least 4 members (excludes halogenated alkanes) is 13. The van der Waals surface area contributed by atoms with Gasteiger partial charge in [-0.15, -0.1) is 0 Å². The Morgan fingerprint density at radius 3 is 2.07 bits per heavy atom. The van der Waals surface area contributed by atoms with Crippen LogP contribution in [0.25, 0.3) is 0 Å². The molecule has 0 bridgehead atoms. The molecule has 1 rings (SSSR count). The molecule has 0 radical (unpaired) electrons. The van der Waals surface area contributed by atoms with E-state index in [0.29, 0.717) is 19.5 Å². The quantitative estimate of drug-likeness (QED) is 0.141. The highest BCUT2D eigenvalue weighted by atomic mass is 16.4. The summed E-state index contributed by atoms with van der Waals surface area (Å²) in [6, 6.07) is 0. The average molecular weight is 421 g/mol. The van der Waals surface area contributed by atoms with E-state index >= 15 is 0 Å². The smallest absolute Gasteiger partial charge is 0.360 e. The standard InChI is InChI=1S/C25H45N3O2/c1-2-3-4-5-6-7-8-9-10-11-12-13-14-15-16-17-18-24-27-20-22-28(24,21-19-26)23-25(29)30/h16-17,20,22H,2-15,18-19,21,23,26H2,1H3/p+1/b17-16+. The fourth-order valence-electron chi connectivity index (χ4n) is 4.17. The van der Waals surface area contributed by atoms with Crippen LogP contribution in [0.1, 0.15) is 103 Å². The molecule has 30 heavy (non-hydrogen) atoms. The van der Waals surface area contributed by atoms with Crippen molar-refractivity contribution in [3.05, 3.63) is 24.6 Å². The van der Waals surface area contributed by atoms with Crippen molar-refractivity contribution in [3.63, 3.8) is 0 Å². The third-order valence-corrected chi connectivity index (χ3v) is 5.98. The van der Waals surface area contributed by atoms with Gasteiger partial charge in [0.15, 0.2) is 6.54 Å². The number of carboxylic acid groups (broad SMARTS) is 1. The first-order valence-electron chi connectivity index (χ1n) is 12.3. The number of allylic oxidation sites excluding steroid dienone is 1. The van der Waals surface area contributed by atoms with E-state index < -0.39 is 5.97 Å². The van der Waals surface area contributed by atoms with Crippen molar-refractivity contribution in [2.24, 2.45) is 10.7 Å². The Balaban J connectivity index is 2.02. The van der Waals surface area contributed by atoms with Gasteiger partial charge in [0.05, 0.1) is 12.6 Å². The molecule has 0 saturated heterocycles. The lowest BCUT2D eigenvalue weighted by Crippen LogP contribution is -2.52. The van der Waals surface area contributed by atoms with Gasteiger partial charge in [0.1, 0.15) is 12.7 Å². The van der Waals surface area contributed by atoms with Gasteiger partial charge < -0.3 is 10.8 Å². The predicted octanol–water partition coefficient (Wildman–Crippen LogP) is 6.16. The van der Waals surface area contributed by atoms with Crippen LogP contribution in [0.15, 0.2) is 29.5 Å². The maximum Gasteiger partial charge on any atom is 0.360 e. The molecule has 1 heterocycles. The normalized spacial score (nSPS) is 18.4.